The summed E-state index contributed by atoms with van der Waals surface area (Å²) in [6.45, 7) is 0. The monoisotopic (exact) mass is 234 g/mol. The lowest BCUT2D eigenvalue weighted by Crippen LogP contribution is -2.24. The predicted molar refractivity (Wildman–Crippen MR) is 56.4 cm³/mol. The first-order valence-electron chi connectivity index (χ1n) is 4.48. The van der Waals surface area contributed by atoms with Gasteiger partial charge in [0.25, 0.3) is 0 Å². The minimum Gasteiger partial charge on any atom is -0.508 e. The summed E-state index contributed by atoms with van der Waals surface area (Å²) in [6, 6.07) is 5.56. The van der Waals surface area contributed by atoms with E-state index in [1.165, 1.54) is 24.3 Å². The van der Waals surface area contributed by atoms with Crippen LogP contribution in [0.25, 0.3) is 0 Å². The van der Waals surface area contributed by atoms with Crippen LogP contribution < -0.4 is 0 Å². The fourth-order valence-electron chi connectivity index (χ4n) is 1.17. The number of phenolic OH excluding ortho intramolecular Hbond substituents is 1. The third-order valence-electron chi connectivity index (χ3n) is 1.93. The second-order valence-electron chi connectivity index (χ2n) is 3.10. The Balaban J connectivity index is 2.38. The number of carboxylic acids is 1. The zero-order valence-corrected chi connectivity index (χ0v) is 8.32. The maximum Gasteiger partial charge on any atom is 0.386 e. The lowest BCUT2D eigenvalue weighted by atomic mass is 10.2. The summed E-state index contributed by atoms with van der Waals surface area (Å²) in [4.78, 5) is 29.9. The molecule has 0 aliphatic carbocycles. The normalized spacial score (nSPS) is 16.8. The van der Waals surface area contributed by atoms with E-state index in [0.717, 1.165) is 0 Å². The van der Waals surface area contributed by atoms with Gasteiger partial charge in [0.2, 0.25) is 5.71 Å². The number of benzene rings is 1. The zero-order chi connectivity index (χ0) is 12.4. The maximum absolute atomic E-state index is 11.2. The van der Waals surface area contributed by atoms with E-state index < -0.39 is 17.7 Å². The van der Waals surface area contributed by atoms with Gasteiger partial charge in [0.05, 0.1) is 5.69 Å². The summed E-state index contributed by atoms with van der Waals surface area (Å²) < 4.78 is 0. The molecule has 7 nitrogen and oxygen atoms in total. The summed E-state index contributed by atoms with van der Waals surface area (Å²) in [6.07, 6.45) is 0. The maximum atomic E-state index is 11.2. The van der Waals surface area contributed by atoms with E-state index in [2.05, 4.69) is 15.0 Å². The summed E-state index contributed by atoms with van der Waals surface area (Å²) in [5.41, 5.74) is -0.600. The molecule has 17 heavy (non-hydrogen) atoms. The van der Waals surface area contributed by atoms with Gasteiger partial charge in [-0.3, -0.25) is 0 Å². The number of carbonyl (C=O) groups excluding carboxylic acids is 1. The largest absolute Gasteiger partial charge is 0.508 e. The van der Waals surface area contributed by atoms with Crippen LogP contribution in [0, 0.1) is 0 Å². The van der Waals surface area contributed by atoms with Crippen LogP contribution in [0.2, 0.25) is 0 Å². The molecule has 2 rings (SSSR count). The number of rotatable bonds is 2. The molecule has 1 heterocycles. The smallest absolute Gasteiger partial charge is 0.386 e. The van der Waals surface area contributed by atoms with Crippen molar-refractivity contribution in [2.45, 2.75) is 0 Å². The van der Waals surface area contributed by atoms with Crippen LogP contribution in [0.15, 0.2) is 34.4 Å². The SMILES string of the molecule is O=C(O)C1=NOC(=O)C1=Nc1ccc(O)cc1. The zero-order valence-electron chi connectivity index (χ0n) is 8.32. The van der Waals surface area contributed by atoms with Gasteiger partial charge in [0, 0.05) is 0 Å². The van der Waals surface area contributed by atoms with Crippen LogP contribution in [0.3, 0.4) is 0 Å². The van der Waals surface area contributed by atoms with Gasteiger partial charge in [-0.05, 0) is 24.3 Å². The molecule has 0 bridgehead atoms. The highest BCUT2D eigenvalue weighted by molar-refractivity contribution is 6.80. The first-order valence-corrected chi connectivity index (χ1v) is 4.48. The van der Waals surface area contributed by atoms with Gasteiger partial charge < -0.3 is 15.1 Å². The second-order valence-corrected chi connectivity index (χ2v) is 3.10. The summed E-state index contributed by atoms with van der Waals surface area (Å²) >= 11 is 0. The first-order chi connectivity index (χ1) is 8.08. The van der Waals surface area contributed by atoms with Crippen molar-refractivity contribution in [3.8, 4) is 5.75 Å². The quantitative estimate of drug-likeness (QED) is 0.722. The molecule has 0 saturated heterocycles. The molecular weight excluding hydrogens is 228 g/mol. The Bertz CT molecular complexity index is 544. The van der Waals surface area contributed by atoms with Gasteiger partial charge in [-0.25, -0.2) is 14.6 Å². The molecule has 1 aromatic carbocycles. The predicted octanol–water partition coefficient (Wildman–Crippen LogP) is 0.462. The average molecular weight is 234 g/mol. The van der Waals surface area contributed by atoms with E-state index in [1.807, 2.05) is 0 Å². The van der Waals surface area contributed by atoms with E-state index >= 15 is 0 Å². The molecule has 0 spiro atoms. The molecule has 1 aromatic rings. The molecule has 86 valence electrons. The molecule has 0 unspecified atom stereocenters. The van der Waals surface area contributed by atoms with Crippen LogP contribution in [0.5, 0.6) is 5.75 Å². The number of carboxylic acid groups (broad SMARTS) is 1. The van der Waals surface area contributed by atoms with E-state index in [1.54, 1.807) is 0 Å². The van der Waals surface area contributed by atoms with Crippen LogP contribution in [-0.4, -0.2) is 33.6 Å². The van der Waals surface area contributed by atoms with Crippen LogP contribution in [0.1, 0.15) is 0 Å². The van der Waals surface area contributed by atoms with Gasteiger partial charge in [0.1, 0.15) is 5.75 Å². The van der Waals surface area contributed by atoms with Gasteiger partial charge in [-0.15, -0.1) is 0 Å². The Kier molecular flexibility index (Phi) is 2.57. The number of hydrogen-bond donors (Lipinski definition) is 2. The molecule has 1 aliphatic heterocycles. The lowest BCUT2D eigenvalue weighted by molar-refractivity contribution is -0.134. The van der Waals surface area contributed by atoms with E-state index in [9.17, 15) is 9.59 Å². The molecule has 0 fully saturated rings. The molecule has 7 heteroatoms. The summed E-state index contributed by atoms with van der Waals surface area (Å²) in [5, 5.41) is 20.9. The van der Waals surface area contributed by atoms with Gasteiger partial charge in [-0.2, -0.15) is 0 Å². The number of phenols is 1. The van der Waals surface area contributed by atoms with Crippen molar-refractivity contribution in [3.05, 3.63) is 24.3 Å². The highest BCUT2D eigenvalue weighted by Crippen LogP contribution is 2.18. The molecule has 2 N–H and O–H groups in total. The molecular formula is C10H6N2O5. The Hall–Kier alpha value is -2.70. The minimum absolute atomic E-state index is 0.0371. The minimum atomic E-state index is -1.40. The van der Waals surface area contributed by atoms with Gasteiger partial charge in [-0.1, -0.05) is 5.16 Å². The van der Waals surface area contributed by atoms with Crippen molar-refractivity contribution in [1.82, 2.24) is 0 Å². The van der Waals surface area contributed by atoms with Crippen LogP contribution in [0.4, 0.5) is 5.69 Å². The van der Waals surface area contributed by atoms with Crippen molar-refractivity contribution >= 4 is 29.0 Å². The average Bonchev–Trinajstić information content (AvgIpc) is 2.64. The van der Waals surface area contributed by atoms with Crippen molar-refractivity contribution in [3.63, 3.8) is 0 Å². The molecule has 0 aromatic heterocycles. The third-order valence-corrected chi connectivity index (χ3v) is 1.93. The number of hydrogen-bond acceptors (Lipinski definition) is 6. The van der Waals surface area contributed by atoms with E-state index in [4.69, 9.17) is 10.2 Å². The molecule has 1 aliphatic rings. The summed E-state index contributed by atoms with van der Waals surface area (Å²) in [5.74, 6) is -2.28. The Morgan fingerprint density at radius 1 is 1.29 bits per heavy atom. The topological polar surface area (TPSA) is 109 Å². The van der Waals surface area contributed by atoms with Crippen molar-refractivity contribution in [1.29, 1.82) is 0 Å². The van der Waals surface area contributed by atoms with Crippen molar-refractivity contribution in [2.24, 2.45) is 10.1 Å². The number of aliphatic imine (C=N–C) groups is 1. The number of oxime groups is 1. The Morgan fingerprint density at radius 2 is 1.94 bits per heavy atom. The van der Waals surface area contributed by atoms with Crippen molar-refractivity contribution in [2.75, 3.05) is 0 Å². The highest BCUT2D eigenvalue weighted by atomic mass is 16.7. The molecule has 0 atom stereocenters. The number of nitrogens with zero attached hydrogens (tertiary/aromatic N) is 2. The molecule has 0 saturated carbocycles. The first kappa shape index (κ1) is 10.8. The van der Waals surface area contributed by atoms with Crippen LogP contribution >= 0.6 is 0 Å². The molecule has 0 radical (unpaired) electrons. The lowest BCUT2D eigenvalue weighted by Gasteiger charge is -1.96. The van der Waals surface area contributed by atoms with E-state index in [0.29, 0.717) is 5.69 Å². The van der Waals surface area contributed by atoms with Crippen LogP contribution in [-0.2, 0) is 14.4 Å². The Labute approximate surface area is 94.7 Å². The standard InChI is InChI=1S/C10H6N2O5/c13-6-3-1-5(2-4-6)11-8-7(9(14)15)12-17-10(8)16/h1-4,13H,(H,14,15). The Morgan fingerprint density at radius 3 is 2.53 bits per heavy atom. The highest BCUT2D eigenvalue weighted by Gasteiger charge is 2.32. The van der Waals surface area contributed by atoms with Gasteiger partial charge in [0.15, 0.2) is 5.71 Å². The number of aliphatic carboxylic acids is 1. The third kappa shape index (κ3) is 2.12. The second kappa shape index (κ2) is 4.05. The van der Waals surface area contributed by atoms with Gasteiger partial charge >= 0.3 is 11.9 Å². The fourth-order valence-corrected chi connectivity index (χ4v) is 1.17. The number of aromatic hydroxyl groups is 1. The summed E-state index contributed by atoms with van der Waals surface area (Å²) in [7, 11) is 0. The van der Waals surface area contributed by atoms with E-state index in [-0.39, 0.29) is 11.5 Å². The number of carbonyl (C=O) groups is 2. The fraction of sp³-hybridized carbons (Fsp3) is 0. The molecule has 0 amide bonds. The van der Waals surface area contributed by atoms with Crippen molar-refractivity contribution < 1.29 is 24.6 Å².